The van der Waals surface area contributed by atoms with E-state index in [-0.39, 0.29) is 0 Å². The van der Waals surface area contributed by atoms with Crippen LogP contribution in [0.3, 0.4) is 0 Å². The van der Waals surface area contributed by atoms with Gasteiger partial charge in [0.05, 0.1) is 22.4 Å². The Labute approximate surface area is 113 Å². The van der Waals surface area contributed by atoms with Crippen LogP contribution in [0.4, 0.5) is 0 Å². The number of hydrogen-bond acceptors (Lipinski definition) is 2. The van der Waals surface area contributed by atoms with Gasteiger partial charge in [-0.25, -0.2) is 4.98 Å². The summed E-state index contributed by atoms with van der Waals surface area (Å²) in [6.07, 6.45) is 1.72. The van der Waals surface area contributed by atoms with Gasteiger partial charge in [-0.2, -0.15) is 0 Å². The minimum Gasteiger partial charge on any atom is -0.393 e. The van der Waals surface area contributed by atoms with Crippen molar-refractivity contribution in [2.75, 3.05) is 0 Å². The highest BCUT2D eigenvalue weighted by molar-refractivity contribution is 7.80. The number of aromatic nitrogens is 2. The maximum absolute atomic E-state index is 5.66. The number of nitrogens with two attached hydrogens (primary N) is 1. The summed E-state index contributed by atoms with van der Waals surface area (Å²) in [6, 6.07) is 8.19. The Kier molecular flexibility index (Phi) is 3.97. The van der Waals surface area contributed by atoms with Crippen LogP contribution in [0.15, 0.2) is 24.3 Å². The van der Waals surface area contributed by atoms with E-state index in [9.17, 15) is 0 Å². The number of fused-ring (bicyclic) bond motifs is 1. The summed E-state index contributed by atoms with van der Waals surface area (Å²) in [5.74, 6) is 1.59. The molecule has 2 aromatic rings. The van der Waals surface area contributed by atoms with Crippen molar-refractivity contribution in [3.05, 3.63) is 30.1 Å². The maximum Gasteiger partial charge on any atom is 0.116 e. The fourth-order valence-electron chi connectivity index (χ4n) is 2.06. The van der Waals surface area contributed by atoms with Crippen molar-refractivity contribution in [1.29, 1.82) is 0 Å². The van der Waals surface area contributed by atoms with Crippen molar-refractivity contribution in [3.63, 3.8) is 0 Å². The summed E-state index contributed by atoms with van der Waals surface area (Å²) in [4.78, 5) is 5.13. The third kappa shape index (κ3) is 2.70. The minimum atomic E-state index is 0.496. The second-order valence-corrected chi connectivity index (χ2v) is 5.31. The molecule has 2 N–H and O–H groups in total. The first kappa shape index (κ1) is 13.0. The normalized spacial score (nSPS) is 12.8. The van der Waals surface area contributed by atoms with Gasteiger partial charge in [-0.15, -0.1) is 0 Å². The van der Waals surface area contributed by atoms with Gasteiger partial charge in [0.15, 0.2) is 0 Å². The van der Waals surface area contributed by atoms with E-state index in [1.165, 1.54) is 5.52 Å². The van der Waals surface area contributed by atoms with Crippen molar-refractivity contribution in [2.24, 2.45) is 11.7 Å². The van der Waals surface area contributed by atoms with Gasteiger partial charge in [-0.1, -0.05) is 44.6 Å². The van der Waals surface area contributed by atoms with E-state index < -0.39 is 0 Å². The fraction of sp³-hybridized carbons (Fsp3) is 0.429. The lowest BCUT2D eigenvalue weighted by atomic mass is 10.1. The number of imidazole rings is 1. The molecule has 0 fully saturated rings. The van der Waals surface area contributed by atoms with Crippen LogP contribution in [0.1, 0.15) is 26.1 Å². The van der Waals surface area contributed by atoms with Crippen LogP contribution < -0.4 is 5.73 Å². The first-order valence-corrected chi connectivity index (χ1v) is 6.75. The Morgan fingerprint density at radius 2 is 2.17 bits per heavy atom. The van der Waals surface area contributed by atoms with E-state index in [1.54, 1.807) is 0 Å². The lowest BCUT2D eigenvalue weighted by Gasteiger charge is -2.13. The Balaban J connectivity index is 2.46. The molecule has 0 saturated heterocycles. The van der Waals surface area contributed by atoms with Gasteiger partial charge < -0.3 is 10.3 Å². The SMILES string of the molecule is CCC(C)Cn1c(CC(N)=S)nc2ccccc21. The van der Waals surface area contributed by atoms with Crippen molar-refractivity contribution >= 4 is 28.2 Å². The quantitative estimate of drug-likeness (QED) is 0.842. The molecule has 0 saturated carbocycles. The molecular weight excluding hydrogens is 242 g/mol. The topological polar surface area (TPSA) is 43.8 Å². The predicted molar refractivity (Wildman–Crippen MR) is 79.7 cm³/mol. The highest BCUT2D eigenvalue weighted by Gasteiger charge is 2.12. The smallest absolute Gasteiger partial charge is 0.116 e. The Morgan fingerprint density at radius 3 is 2.83 bits per heavy atom. The molecular formula is C14H19N3S. The lowest BCUT2D eigenvalue weighted by molar-refractivity contribution is 0.468. The van der Waals surface area contributed by atoms with Gasteiger partial charge in [-0.3, -0.25) is 0 Å². The number of thiocarbonyl (C=S) groups is 1. The summed E-state index contributed by atoms with van der Waals surface area (Å²) in [6.45, 7) is 5.42. The zero-order valence-electron chi connectivity index (χ0n) is 10.9. The second kappa shape index (κ2) is 5.48. The van der Waals surface area contributed by atoms with Gasteiger partial charge in [0.1, 0.15) is 5.82 Å². The maximum atomic E-state index is 5.66. The van der Waals surface area contributed by atoms with E-state index in [0.717, 1.165) is 24.3 Å². The van der Waals surface area contributed by atoms with Crippen molar-refractivity contribution in [2.45, 2.75) is 33.2 Å². The molecule has 0 radical (unpaired) electrons. The molecule has 3 nitrogen and oxygen atoms in total. The molecule has 0 amide bonds. The standard InChI is InChI=1S/C14H19N3S/c1-3-10(2)9-17-12-7-5-4-6-11(12)16-14(17)8-13(15)18/h4-7,10H,3,8-9H2,1-2H3,(H2,15,18). The first-order valence-electron chi connectivity index (χ1n) is 6.34. The second-order valence-electron chi connectivity index (χ2n) is 4.78. The number of hydrogen-bond donors (Lipinski definition) is 1. The third-order valence-electron chi connectivity index (χ3n) is 3.26. The molecule has 4 heteroatoms. The highest BCUT2D eigenvalue weighted by atomic mass is 32.1. The first-order chi connectivity index (χ1) is 8.61. The lowest BCUT2D eigenvalue weighted by Crippen LogP contribution is -2.17. The van der Waals surface area contributed by atoms with Gasteiger partial charge in [0, 0.05) is 6.54 Å². The van der Waals surface area contributed by atoms with Gasteiger partial charge in [0.25, 0.3) is 0 Å². The average molecular weight is 261 g/mol. The molecule has 1 heterocycles. The van der Waals surface area contributed by atoms with Crippen LogP contribution >= 0.6 is 12.2 Å². The minimum absolute atomic E-state index is 0.496. The summed E-state index contributed by atoms with van der Waals surface area (Å²) in [7, 11) is 0. The zero-order chi connectivity index (χ0) is 13.1. The molecule has 1 unspecified atom stereocenters. The molecule has 1 aromatic carbocycles. The van der Waals surface area contributed by atoms with E-state index in [0.29, 0.717) is 17.3 Å². The monoisotopic (exact) mass is 261 g/mol. The largest absolute Gasteiger partial charge is 0.393 e. The molecule has 2 rings (SSSR count). The Morgan fingerprint density at radius 1 is 1.44 bits per heavy atom. The van der Waals surface area contributed by atoms with Gasteiger partial charge in [-0.05, 0) is 18.1 Å². The van der Waals surface area contributed by atoms with Crippen LogP contribution in [0.25, 0.3) is 11.0 Å². The van der Waals surface area contributed by atoms with E-state index in [2.05, 4.69) is 29.5 Å². The predicted octanol–water partition coefficient (Wildman–Crippen LogP) is 2.91. The molecule has 0 bridgehead atoms. The molecule has 0 spiro atoms. The van der Waals surface area contributed by atoms with Gasteiger partial charge >= 0.3 is 0 Å². The van der Waals surface area contributed by atoms with Crippen LogP contribution in [0, 0.1) is 5.92 Å². The number of benzene rings is 1. The third-order valence-corrected chi connectivity index (χ3v) is 3.40. The molecule has 1 aromatic heterocycles. The molecule has 0 aliphatic rings. The van der Waals surface area contributed by atoms with E-state index in [4.69, 9.17) is 18.0 Å². The Hall–Kier alpha value is -1.42. The zero-order valence-corrected chi connectivity index (χ0v) is 11.7. The highest BCUT2D eigenvalue weighted by Crippen LogP contribution is 2.19. The van der Waals surface area contributed by atoms with E-state index in [1.807, 2.05) is 18.2 Å². The van der Waals surface area contributed by atoms with Crippen LogP contribution in [0.2, 0.25) is 0 Å². The van der Waals surface area contributed by atoms with Crippen molar-refractivity contribution in [3.8, 4) is 0 Å². The summed E-state index contributed by atoms with van der Waals surface area (Å²) in [5.41, 5.74) is 7.85. The summed E-state index contributed by atoms with van der Waals surface area (Å²) in [5, 5.41) is 0. The van der Waals surface area contributed by atoms with Gasteiger partial charge in [0.2, 0.25) is 0 Å². The molecule has 18 heavy (non-hydrogen) atoms. The summed E-state index contributed by atoms with van der Waals surface area (Å²) < 4.78 is 2.25. The molecule has 0 aliphatic heterocycles. The van der Waals surface area contributed by atoms with Crippen LogP contribution in [-0.4, -0.2) is 14.5 Å². The average Bonchev–Trinajstić information content (AvgIpc) is 2.66. The Bertz CT molecular complexity index is 559. The number of rotatable bonds is 5. The molecule has 0 aliphatic carbocycles. The molecule has 96 valence electrons. The number of para-hydroxylation sites is 2. The summed E-state index contributed by atoms with van der Waals surface area (Å²) >= 11 is 5.01. The van der Waals surface area contributed by atoms with E-state index >= 15 is 0 Å². The van der Waals surface area contributed by atoms with Crippen LogP contribution in [-0.2, 0) is 13.0 Å². The fourth-order valence-corrected chi connectivity index (χ4v) is 2.19. The van der Waals surface area contributed by atoms with Crippen molar-refractivity contribution < 1.29 is 0 Å². The van der Waals surface area contributed by atoms with Crippen LogP contribution in [0.5, 0.6) is 0 Å². The van der Waals surface area contributed by atoms with Crippen molar-refractivity contribution in [1.82, 2.24) is 9.55 Å². The number of nitrogens with zero attached hydrogens (tertiary/aromatic N) is 2. The molecule has 1 atom stereocenters.